The Balaban J connectivity index is 4.45. The van der Waals surface area contributed by atoms with E-state index < -0.39 is 28.6 Å². The molecule has 0 aromatic carbocycles. The minimum absolute atomic E-state index is 0.286. The molecule has 0 saturated heterocycles. The summed E-state index contributed by atoms with van der Waals surface area (Å²) in [5.41, 5.74) is 0.286. The zero-order chi connectivity index (χ0) is 19.0. The fraction of sp³-hybridized carbons (Fsp3) is 1.00. The molecule has 0 N–H and O–H groups in total. The van der Waals surface area contributed by atoms with Crippen molar-refractivity contribution in [2.24, 2.45) is 0 Å². The topological polar surface area (TPSA) is 44.8 Å². The second-order valence-electron chi connectivity index (χ2n) is 7.00. The summed E-state index contributed by atoms with van der Waals surface area (Å²) in [7, 11) is 2.46. The van der Waals surface area contributed by atoms with Crippen LogP contribution >= 0.6 is 0 Å². The molecular weight excluding hydrogens is 439 g/mol. The molecule has 6 heteroatoms. The monoisotopic (exact) mass is 482 g/mol. The standard InChI is InChI=1S/C15H33O3Si.C4H9.O.Sn/c1-6-8-9-10-11-12-13-14-15(7-2)19(16-3,17-4)18-5;1-3-4-2;;/h15H,2,6-14H2,1,3-5H3;1,3-4H2,2H3;;. The van der Waals surface area contributed by atoms with Crippen molar-refractivity contribution in [3.05, 3.63) is 0 Å². The molecule has 4 nitrogen and oxygen atoms in total. The normalized spacial score (nSPS) is 13.2. The molecule has 0 rings (SSSR count). The number of rotatable bonds is 18. The third-order valence-corrected chi connectivity index (χ3v) is 13.4. The fourth-order valence-electron chi connectivity index (χ4n) is 3.43. The molecule has 0 amide bonds. The molecule has 0 aliphatic carbocycles. The maximum atomic E-state index is 12.3. The molecule has 150 valence electrons. The van der Waals surface area contributed by atoms with E-state index in [-0.39, 0.29) is 5.54 Å². The van der Waals surface area contributed by atoms with Crippen molar-refractivity contribution in [2.75, 3.05) is 21.3 Å². The second-order valence-corrected chi connectivity index (χ2v) is 16.2. The summed E-state index contributed by atoms with van der Waals surface area (Å²) in [5, 5.41) is 0. The van der Waals surface area contributed by atoms with E-state index in [1.165, 1.54) is 44.9 Å². The zero-order valence-electron chi connectivity index (χ0n) is 17.4. The van der Waals surface area contributed by atoms with E-state index in [4.69, 9.17) is 13.3 Å². The first-order valence-electron chi connectivity index (χ1n) is 10.3. The Morgan fingerprint density at radius 3 is 1.76 bits per heavy atom. The third-order valence-electron chi connectivity index (χ3n) is 5.09. The average Bonchev–Trinajstić information content (AvgIpc) is 2.64. The Kier molecular flexibility index (Phi) is 17.3. The van der Waals surface area contributed by atoms with Crippen molar-refractivity contribution < 1.29 is 16.4 Å². The van der Waals surface area contributed by atoms with Crippen molar-refractivity contribution in [1.82, 2.24) is 0 Å². The van der Waals surface area contributed by atoms with Gasteiger partial charge in [0.15, 0.2) is 0 Å². The van der Waals surface area contributed by atoms with Crippen LogP contribution in [0, 0.1) is 0 Å². The average molecular weight is 481 g/mol. The molecule has 25 heavy (non-hydrogen) atoms. The summed E-state index contributed by atoms with van der Waals surface area (Å²) in [5.74, 6) is 0. The van der Waals surface area contributed by atoms with Crippen molar-refractivity contribution in [3.63, 3.8) is 0 Å². The van der Waals surface area contributed by atoms with E-state index in [0.717, 1.165) is 34.6 Å². The Hall–Kier alpha value is 0.696. The molecule has 0 radical (unpaired) electrons. The van der Waals surface area contributed by atoms with E-state index >= 15 is 0 Å². The van der Waals surface area contributed by atoms with Crippen LogP contribution in [0.4, 0.5) is 0 Å². The Morgan fingerprint density at radius 1 is 0.720 bits per heavy atom. The van der Waals surface area contributed by atoms with Crippen LogP contribution in [-0.2, 0) is 16.4 Å². The summed E-state index contributed by atoms with van der Waals surface area (Å²) in [6, 6.07) is 0. The summed E-state index contributed by atoms with van der Waals surface area (Å²) < 4.78 is 31.4. The third kappa shape index (κ3) is 11.2. The molecule has 0 aromatic heterocycles. The predicted molar refractivity (Wildman–Crippen MR) is 109 cm³/mol. The molecule has 0 saturated carbocycles. The van der Waals surface area contributed by atoms with Gasteiger partial charge in [0, 0.05) is 0 Å². The van der Waals surface area contributed by atoms with Crippen LogP contribution < -0.4 is 0 Å². The van der Waals surface area contributed by atoms with Crippen molar-refractivity contribution >= 4 is 28.6 Å². The van der Waals surface area contributed by atoms with Gasteiger partial charge in [-0.3, -0.25) is 0 Å². The van der Waals surface area contributed by atoms with Crippen LogP contribution in [0.1, 0.15) is 84.5 Å². The van der Waals surface area contributed by atoms with E-state index in [2.05, 4.69) is 13.8 Å². The van der Waals surface area contributed by atoms with Crippen LogP contribution in [0.25, 0.3) is 0 Å². The van der Waals surface area contributed by atoms with Crippen LogP contribution in [0.5, 0.6) is 0 Å². The predicted octanol–water partition coefficient (Wildman–Crippen LogP) is 5.99. The molecule has 0 spiro atoms. The summed E-state index contributed by atoms with van der Waals surface area (Å²) in [4.78, 5) is 0. The number of unbranched alkanes of at least 4 members (excludes halogenated alkanes) is 7. The van der Waals surface area contributed by atoms with E-state index in [1.807, 2.05) is 0 Å². The van der Waals surface area contributed by atoms with E-state index in [1.54, 1.807) is 21.3 Å². The van der Waals surface area contributed by atoms with Gasteiger partial charge in [-0.1, -0.05) is 0 Å². The van der Waals surface area contributed by atoms with Gasteiger partial charge in [0.2, 0.25) is 0 Å². The minimum atomic E-state index is -2.63. The first-order chi connectivity index (χ1) is 12.1. The van der Waals surface area contributed by atoms with Gasteiger partial charge in [-0.2, -0.15) is 0 Å². The van der Waals surface area contributed by atoms with Gasteiger partial charge < -0.3 is 0 Å². The molecule has 1 unspecified atom stereocenters. The molecule has 1 atom stereocenters. The molecule has 0 fully saturated rings. The van der Waals surface area contributed by atoms with Gasteiger partial charge in [-0.05, 0) is 0 Å². The van der Waals surface area contributed by atoms with Crippen LogP contribution in [0.3, 0.4) is 0 Å². The van der Waals surface area contributed by atoms with Crippen molar-refractivity contribution in [1.29, 1.82) is 0 Å². The van der Waals surface area contributed by atoms with Crippen LogP contribution in [0.15, 0.2) is 0 Å². The summed E-state index contributed by atoms with van der Waals surface area (Å²) >= 11 is -2.41. The second kappa shape index (κ2) is 16.8. The fourth-order valence-corrected chi connectivity index (χ4v) is 11.6. The first-order valence-corrected chi connectivity index (χ1v) is 17.3. The van der Waals surface area contributed by atoms with Gasteiger partial charge in [0.05, 0.1) is 0 Å². The van der Waals surface area contributed by atoms with Crippen LogP contribution in [-0.4, -0.2) is 49.9 Å². The Bertz CT molecular complexity index is 316. The summed E-state index contributed by atoms with van der Waals surface area (Å²) in [6.07, 6.45) is 13.4. The van der Waals surface area contributed by atoms with Gasteiger partial charge in [-0.15, -0.1) is 0 Å². The van der Waals surface area contributed by atoms with Gasteiger partial charge >= 0.3 is 165 Å². The van der Waals surface area contributed by atoms with Gasteiger partial charge in [-0.25, -0.2) is 0 Å². The van der Waals surface area contributed by atoms with Crippen molar-refractivity contribution in [3.8, 4) is 0 Å². The molecule has 0 bridgehead atoms. The summed E-state index contributed by atoms with van der Waals surface area (Å²) in [6.45, 7) is 4.42. The zero-order valence-corrected chi connectivity index (χ0v) is 21.3. The van der Waals surface area contributed by atoms with Gasteiger partial charge in [0.1, 0.15) is 0 Å². The number of hydrogen-bond acceptors (Lipinski definition) is 4. The molecular formula is C19H42O4SiSn. The quantitative estimate of drug-likeness (QED) is 0.178. The van der Waals surface area contributed by atoms with E-state index in [9.17, 15) is 3.08 Å². The Morgan fingerprint density at radius 2 is 1.24 bits per heavy atom. The maximum absolute atomic E-state index is 12.3. The van der Waals surface area contributed by atoms with E-state index in [0.29, 0.717) is 0 Å². The van der Waals surface area contributed by atoms with Crippen molar-refractivity contribution in [2.45, 2.75) is 98.9 Å². The van der Waals surface area contributed by atoms with Gasteiger partial charge in [0.25, 0.3) is 0 Å². The van der Waals surface area contributed by atoms with Crippen LogP contribution in [0.2, 0.25) is 14.4 Å². The molecule has 0 aromatic rings. The molecule has 0 aliphatic rings. The first kappa shape index (κ1) is 25.7. The Labute approximate surface area is 164 Å². The molecule has 0 heterocycles. The molecule has 0 aliphatic heterocycles. The number of hydrogen-bond donors (Lipinski definition) is 0. The SMILES string of the molecule is CCCCCCCCCC(C[CH2][Sn](=[O])[CH2]CCC)[Si](OC)(OC)OC.